The van der Waals surface area contributed by atoms with Gasteiger partial charge in [0, 0.05) is 37.5 Å². The molecule has 0 amide bonds. The third-order valence-electron chi connectivity index (χ3n) is 4.93. The number of hydrogen-bond donors (Lipinski definition) is 2. The van der Waals surface area contributed by atoms with Crippen molar-refractivity contribution in [1.29, 1.82) is 0 Å². The lowest BCUT2D eigenvalue weighted by atomic mass is 10.2. The molecule has 0 fully saturated rings. The molecule has 0 radical (unpaired) electrons. The van der Waals surface area contributed by atoms with Gasteiger partial charge in [-0.25, -0.2) is 4.98 Å². The van der Waals surface area contributed by atoms with E-state index in [2.05, 4.69) is 39.2 Å². The highest BCUT2D eigenvalue weighted by Crippen LogP contribution is 2.20. The van der Waals surface area contributed by atoms with E-state index in [9.17, 15) is 0 Å². The Morgan fingerprint density at radius 2 is 1.91 bits per heavy atom. The van der Waals surface area contributed by atoms with Crippen molar-refractivity contribution >= 4 is 23.4 Å². The van der Waals surface area contributed by atoms with Crippen molar-refractivity contribution in [3.05, 3.63) is 65.7 Å². The average molecular weight is 448 g/mol. The zero-order valence-electron chi connectivity index (χ0n) is 19.7. The largest absolute Gasteiger partial charge is 0.477 e. The average Bonchev–Trinajstić information content (AvgIpc) is 2.82. The number of hydrazone groups is 1. The Kier molecular flexibility index (Phi) is 8.99. The molecule has 0 atom stereocenters. The van der Waals surface area contributed by atoms with Gasteiger partial charge in [0.25, 0.3) is 0 Å². The van der Waals surface area contributed by atoms with Crippen molar-refractivity contribution in [2.75, 3.05) is 35.8 Å². The van der Waals surface area contributed by atoms with Crippen molar-refractivity contribution < 1.29 is 4.74 Å². The highest BCUT2D eigenvalue weighted by Gasteiger charge is 2.11. The van der Waals surface area contributed by atoms with Crippen LogP contribution in [0.5, 0.6) is 5.88 Å². The number of nitrogens with zero attached hydrogens (tertiary/aromatic N) is 5. The van der Waals surface area contributed by atoms with E-state index in [1.54, 1.807) is 12.4 Å². The van der Waals surface area contributed by atoms with Gasteiger partial charge in [-0.15, -0.1) is 0 Å². The monoisotopic (exact) mass is 447 g/mol. The van der Waals surface area contributed by atoms with E-state index in [4.69, 9.17) is 15.5 Å². The maximum Gasteiger partial charge on any atom is 0.219 e. The van der Waals surface area contributed by atoms with Crippen molar-refractivity contribution in [1.82, 2.24) is 15.0 Å². The molecule has 2 aromatic heterocycles. The molecule has 0 aliphatic carbocycles. The number of aromatic nitrogens is 3. The molecule has 0 aliphatic heterocycles. The molecular weight excluding hydrogens is 414 g/mol. The van der Waals surface area contributed by atoms with Crippen LogP contribution in [0.25, 0.3) is 0 Å². The summed E-state index contributed by atoms with van der Waals surface area (Å²) < 4.78 is 5.98. The Balaban J connectivity index is 1.78. The molecular formula is C25H33N7O. The fourth-order valence-corrected chi connectivity index (χ4v) is 3.34. The molecule has 8 nitrogen and oxygen atoms in total. The number of ether oxygens (including phenoxy) is 1. The normalized spacial score (nSPS) is 11.0. The molecule has 8 heteroatoms. The van der Waals surface area contributed by atoms with Crippen molar-refractivity contribution in [2.45, 2.75) is 40.0 Å². The van der Waals surface area contributed by atoms with Crippen LogP contribution >= 0.6 is 0 Å². The SMILES string of the molecule is CCCN(CCC)c1cc(OCCc2ccccn2)nc(/C=N/Nc2cc(C)ccc2N)n1. The smallest absolute Gasteiger partial charge is 0.219 e. The minimum absolute atomic E-state index is 0.469. The van der Waals surface area contributed by atoms with Gasteiger partial charge < -0.3 is 15.4 Å². The van der Waals surface area contributed by atoms with Crippen LogP contribution in [0.3, 0.4) is 0 Å². The third-order valence-corrected chi connectivity index (χ3v) is 4.93. The maximum atomic E-state index is 6.03. The number of pyridine rings is 1. The van der Waals surface area contributed by atoms with E-state index in [-0.39, 0.29) is 0 Å². The Hall–Kier alpha value is -3.68. The number of anilines is 3. The molecule has 2 heterocycles. The van der Waals surface area contributed by atoms with Crippen LogP contribution in [-0.4, -0.2) is 40.9 Å². The lowest BCUT2D eigenvalue weighted by Gasteiger charge is -2.23. The molecule has 0 bridgehead atoms. The first kappa shape index (κ1) is 24.0. The summed E-state index contributed by atoms with van der Waals surface area (Å²) in [5.74, 6) is 1.82. The molecule has 174 valence electrons. The predicted octanol–water partition coefficient (Wildman–Crippen LogP) is 4.46. The van der Waals surface area contributed by atoms with Gasteiger partial charge in [0.15, 0.2) is 5.82 Å². The summed E-state index contributed by atoms with van der Waals surface area (Å²) in [7, 11) is 0. The van der Waals surface area contributed by atoms with E-state index in [0.717, 1.165) is 48.7 Å². The Labute approximate surface area is 195 Å². The fourth-order valence-electron chi connectivity index (χ4n) is 3.34. The van der Waals surface area contributed by atoms with Crippen molar-refractivity contribution in [3.63, 3.8) is 0 Å². The predicted molar refractivity (Wildman–Crippen MR) is 135 cm³/mol. The van der Waals surface area contributed by atoms with Crippen LogP contribution in [0, 0.1) is 6.92 Å². The Morgan fingerprint density at radius 1 is 1.09 bits per heavy atom. The maximum absolute atomic E-state index is 6.03. The molecule has 33 heavy (non-hydrogen) atoms. The Morgan fingerprint density at radius 3 is 2.64 bits per heavy atom. The second kappa shape index (κ2) is 12.4. The number of benzene rings is 1. The number of hydrogen-bond acceptors (Lipinski definition) is 8. The fraction of sp³-hybridized carbons (Fsp3) is 0.360. The van der Waals surface area contributed by atoms with Gasteiger partial charge >= 0.3 is 0 Å². The second-order valence-electron chi connectivity index (χ2n) is 7.79. The van der Waals surface area contributed by atoms with Crippen molar-refractivity contribution in [3.8, 4) is 5.88 Å². The van der Waals surface area contributed by atoms with Crippen LogP contribution in [0.4, 0.5) is 17.2 Å². The molecule has 0 unspecified atom stereocenters. The molecule has 0 aliphatic rings. The topological polar surface area (TPSA) is 102 Å². The van der Waals surface area contributed by atoms with E-state index in [0.29, 0.717) is 30.4 Å². The summed E-state index contributed by atoms with van der Waals surface area (Å²) in [5, 5.41) is 4.31. The molecule has 0 saturated carbocycles. The molecule has 0 spiro atoms. The second-order valence-corrected chi connectivity index (χ2v) is 7.79. The van der Waals surface area contributed by atoms with Gasteiger partial charge in [-0.3, -0.25) is 10.4 Å². The summed E-state index contributed by atoms with van der Waals surface area (Å²) in [5.41, 5.74) is 12.5. The number of rotatable bonds is 12. The van der Waals surface area contributed by atoms with Gasteiger partial charge in [-0.2, -0.15) is 10.1 Å². The molecule has 3 rings (SSSR count). The van der Waals surface area contributed by atoms with Gasteiger partial charge in [0.05, 0.1) is 24.2 Å². The first-order valence-electron chi connectivity index (χ1n) is 11.4. The number of aryl methyl sites for hydroxylation is 1. The zero-order valence-corrected chi connectivity index (χ0v) is 19.7. The summed E-state index contributed by atoms with van der Waals surface area (Å²) in [6.07, 6.45) is 6.13. The lowest BCUT2D eigenvalue weighted by molar-refractivity contribution is 0.307. The van der Waals surface area contributed by atoms with Gasteiger partial charge in [-0.05, 0) is 49.6 Å². The summed E-state index contributed by atoms with van der Waals surface area (Å²) >= 11 is 0. The minimum atomic E-state index is 0.469. The zero-order chi connectivity index (χ0) is 23.5. The summed E-state index contributed by atoms with van der Waals surface area (Å²) in [6.45, 7) is 8.62. The van der Waals surface area contributed by atoms with E-state index < -0.39 is 0 Å². The summed E-state index contributed by atoms with van der Waals surface area (Å²) in [4.78, 5) is 15.8. The molecule has 3 N–H and O–H groups in total. The number of nitrogen functional groups attached to an aromatic ring is 1. The highest BCUT2D eigenvalue weighted by atomic mass is 16.5. The van der Waals surface area contributed by atoms with Crippen LogP contribution < -0.4 is 20.8 Å². The third kappa shape index (κ3) is 7.45. The van der Waals surface area contributed by atoms with E-state index in [1.807, 2.05) is 49.4 Å². The standard InChI is InChI=1S/C25H33N7O/c1-4-13-32(14-5-2)24-17-25(33-15-11-20-8-6-7-12-27-20)30-23(29-24)18-28-31-22-16-19(3)9-10-21(22)26/h6-10,12,16-18,31H,4-5,11,13-15,26H2,1-3H3/b28-18+. The van der Waals surface area contributed by atoms with Crippen LogP contribution in [0.1, 0.15) is 43.8 Å². The molecule has 0 saturated heterocycles. The molecule has 3 aromatic rings. The van der Waals surface area contributed by atoms with Crippen LogP contribution in [-0.2, 0) is 6.42 Å². The molecule has 1 aromatic carbocycles. The van der Waals surface area contributed by atoms with Gasteiger partial charge in [0.2, 0.25) is 5.88 Å². The van der Waals surface area contributed by atoms with Crippen molar-refractivity contribution in [2.24, 2.45) is 5.10 Å². The quantitative estimate of drug-likeness (QED) is 0.240. The highest BCUT2D eigenvalue weighted by molar-refractivity contribution is 5.77. The minimum Gasteiger partial charge on any atom is -0.477 e. The lowest BCUT2D eigenvalue weighted by Crippen LogP contribution is -2.26. The van der Waals surface area contributed by atoms with Crippen LogP contribution in [0.2, 0.25) is 0 Å². The van der Waals surface area contributed by atoms with Gasteiger partial charge in [-0.1, -0.05) is 26.0 Å². The summed E-state index contributed by atoms with van der Waals surface area (Å²) in [6, 6.07) is 13.5. The van der Waals surface area contributed by atoms with Crippen LogP contribution in [0.15, 0.2) is 53.8 Å². The number of nitrogens with two attached hydrogens (primary N) is 1. The van der Waals surface area contributed by atoms with E-state index >= 15 is 0 Å². The Bertz CT molecular complexity index is 1030. The van der Waals surface area contributed by atoms with Gasteiger partial charge in [0.1, 0.15) is 5.82 Å². The number of nitrogens with one attached hydrogen (secondary N) is 1. The first-order chi connectivity index (χ1) is 16.1. The first-order valence-corrected chi connectivity index (χ1v) is 11.4. The van der Waals surface area contributed by atoms with E-state index in [1.165, 1.54) is 0 Å².